The first-order valence-electron chi connectivity index (χ1n) is 8.49. The predicted octanol–water partition coefficient (Wildman–Crippen LogP) is 2.35. The van der Waals surface area contributed by atoms with Gasteiger partial charge in [-0.25, -0.2) is 17.9 Å². The molecule has 1 unspecified atom stereocenters. The van der Waals surface area contributed by atoms with Crippen molar-refractivity contribution in [1.82, 2.24) is 9.62 Å². The van der Waals surface area contributed by atoms with Crippen molar-refractivity contribution in [3.05, 3.63) is 0 Å². The highest BCUT2D eigenvalue weighted by molar-refractivity contribution is 7.89. The van der Waals surface area contributed by atoms with Gasteiger partial charge in [-0.05, 0) is 57.8 Å². The van der Waals surface area contributed by atoms with Crippen LogP contribution < -0.4 is 4.72 Å². The highest BCUT2D eigenvalue weighted by atomic mass is 32.2. The molecular formula is C16H30N2O4S. The summed E-state index contributed by atoms with van der Waals surface area (Å²) in [7, 11) is -3.28. The van der Waals surface area contributed by atoms with Gasteiger partial charge in [-0.15, -0.1) is 0 Å². The zero-order valence-corrected chi connectivity index (χ0v) is 15.5. The second-order valence-corrected chi connectivity index (χ2v) is 9.89. The van der Waals surface area contributed by atoms with Crippen LogP contribution in [0.1, 0.15) is 53.4 Å². The summed E-state index contributed by atoms with van der Waals surface area (Å²) in [5.74, 6) is 0.0725. The number of sulfonamides is 1. The quantitative estimate of drug-likeness (QED) is 0.801. The molecule has 7 heteroatoms. The van der Waals surface area contributed by atoms with Crippen LogP contribution in [-0.4, -0.2) is 50.4 Å². The van der Waals surface area contributed by atoms with E-state index >= 15 is 0 Å². The largest absolute Gasteiger partial charge is 0.444 e. The maximum atomic E-state index is 12.2. The zero-order valence-electron chi connectivity index (χ0n) is 14.7. The Morgan fingerprint density at radius 3 is 2.52 bits per heavy atom. The van der Waals surface area contributed by atoms with E-state index in [0.717, 1.165) is 19.3 Å². The van der Waals surface area contributed by atoms with Gasteiger partial charge in [-0.1, -0.05) is 6.92 Å². The number of hydrogen-bond donors (Lipinski definition) is 1. The fourth-order valence-electron chi connectivity index (χ4n) is 2.93. The van der Waals surface area contributed by atoms with Gasteiger partial charge in [0.15, 0.2) is 0 Å². The first-order valence-corrected chi connectivity index (χ1v) is 10.1. The minimum atomic E-state index is -3.28. The molecule has 134 valence electrons. The van der Waals surface area contributed by atoms with Crippen molar-refractivity contribution in [3.63, 3.8) is 0 Å². The Balaban J connectivity index is 1.79. The molecule has 2 rings (SSSR count). The van der Waals surface area contributed by atoms with E-state index in [1.807, 2.05) is 20.8 Å². The number of hydrogen-bond acceptors (Lipinski definition) is 4. The van der Waals surface area contributed by atoms with Gasteiger partial charge < -0.3 is 9.64 Å². The van der Waals surface area contributed by atoms with Gasteiger partial charge in [-0.2, -0.15) is 0 Å². The highest BCUT2D eigenvalue weighted by Gasteiger charge is 2.41. The van der Waals surface area contributed by atoms with E-state index in [1.54, 1.807) is 4.90 Å². The van der Waals surface area contributed by atoms with E-state index in [1.165, 1.54) is 0 Å². The van der Waals surface area contributed by atoms with E-state index in [9.17, 15) is 13.2 Å². The third-order valence-electron chi connectivity index (χ3n) is 4.77. The van der Waals surface area contributed by atoms with Crippen LogP contribution in [0.4, 0.5) is 4.79 Å². The molecule has 0 bridgehead atoms. The van der Waals surface area contributed by atoms with E-state index in [-0.39, 0.29) is 23.2 Å². The smallest absolute Gasteiger partial charge is 0.410 e. The number of amides is 1. The summed E-state index contributed by atoms with van der Waals surface area (Å²) in [5, 5.41) is 0. The lowest BCUT2D eigenvalue weighted by Crippen LogP contribution is -2.37. The van der Waals surface area contributed by atoms with Crippen molar-refractivity contribution in [2.75, 3.05) is 25.4 Å². The first kappa shape index (κ1) is 18.5. The number of carbonyl (C=O) groups excluding carboxylic acids is 1. The van der Waals surface area contributed by atoms with E-state index in [0.29, 0.717) is 26.1 Å². The van der Waals surface area contributed by atoms with Crippen LogP contribution in [0.5, 0.6) is 0 Å². The maximum Gasteiger partial charge on any atom is 0.410 e. The Morgan fingerprint density at radius 1 is 1.35 bits per heavy atom. The second kappa shape index (κ2) is 6.59. The number of likely N-dealkylation sites (tertiary alicyclic amines) is 1. The fourth-order valence-corrected chi connectivity index (χ4v) is 4.46. The molecule has 1 aliphatic heterocycles. The van der Waals surface area contributed by atoms with Crippen molar-refractivity contribution in [2.45, 2.75) is 59.0 Å². The highest BCUT2D eigenvalue weighted by Crippen LogP contribution is 2.47. The standard InChI is InChI=1S/C16H30N2O4S/c1-5-16(7-8-16)12-17-23(20,21)11-13-6-9-18(10-13)14(19)22-15(2,3)4/h13,17H,5-12H2,1-4H3. The third-order valence-corrected chi connectivity index (χ3v) is 6.26. The Bertz CT molecular complexity index is 535. The zero-order chi connectivity index (χ0) is 17.3. The van der Waals surface area contributed by atoms with E-state index in [2.05, 4.69) is 11.6 Å². The van der Waals surface area contributed by atoms with Gasteiger partial charge in [-0.3, -0.25) is 0 Å². The van der Waals surface area contributed by atoms with Crippen molar-refractivity contribution in [2.24, 2.45) is 11.3 Å². The third kappa shape index (κ3) is 5.64. The van der Waals surface area contributed by atoms with E-state index < -0.39 is 15.6 Å². The topological polar surface area (TPSA) is 75.7 Å². The molecular weight excluding hydrogens is 316 g/mol. The molecule has 0 aromatic heterocycles. The fraction of sp³-hybridized carbons (Fsp3) is 0.938. The van der Waals surface area contributed by atoms with Gasteiger partial charge in [0.1, 0.15) is 5.60 Å². The lowest BCUT2D eigenvalue weighted by molar-refractivity contribution is 0.0289. The van der Waals surface area contributed by atoms with Crippen LogP contribution in [0.15, 0.2) is 0 Å². The molecule has 0 spiro atoms. The van der Waals surface area contributed by atoms with Crippen LogP contribution in [0.25, 0.3) is 0 Å². The molecule has 1 amide bonds. The molecule has 0 radical (unpaired) electrons. The molecule has 1 saturated carbocycles. The van der Waals surface area contributed by atoms with E-state index in [4.69, 9.17) is 4.74 Å². The SMILES string of the molecule is CCC1(CNS(=O)(=O)CC2CCN(C(=O)OC(C)(C)C)C2)CC1. The van der Waals surface area contributed by atoms with Crippen molar-refractivity contribution in [1.29, 1.82) is 0 Å². The summed E-state index contributed by atoms with van der Waals surface area (Å²) in [4.78, 5) is 13.6. The minimum Gasteiger partial charge on any atom is -0.444 e. The molecule has 1 saturated heterocycles. The Labute approximate surface area is 140 Å². The Kier molecular flexibility index (Phi) is 5.31. The first-order chi connectivity index (χ1) is 10.5. The predicted molar refractivity (Wildman–Crippen MR) is 89.7 cm³/mol. The Hall–Kier alpha value is -0.820. The molecule has 1 N–H and O–H groups in total. The van der Waals surface area contributed by atoms with Crippen LogP contribution >= 0.6 is 0 Å². The van der Waals surface area contributed by atoms with Gasteiger partial charge in [0.05, 0.1) is 5.75 Å². The molecule has 1 aliphatic carbocycles. The number of carbonyl (C=O) groups is 1. The van der Waals surface area contributed by atoms with Crippen molar-refractivity contribution >= 4 is 16.1 Å². The average molecular weight is 346 g/mol. The van der Waals surface area contributed by atoms with Crippen molar-refractivity contribution < 1.29 is 17.9 Å². The summed E-state index contributed by atoms with van der Waals surface area (Å²) in [6, 6.07) is 0. The van der Waals surface area contributed by atoms with Crippen LogP contribution in [0, 0.1) is 11.3 Å². The van der Waals surface area contributed by atoms with Gasteiger partial charge in [0.2, 0.25) is 10.0 Å². The number of nitrogens with one attached hydrogen (secondary N) is 1. The summed E-state index contributed by atoms with van der Waals surface area (Å²) in [5.41, 5.74) is -0.327. The molecule has 2 aliphatic rings. The van der Waals surface area contributed by atoms with Gasteiger partial charge in [0.25, 0.3) is 0 Å². The maximum absolute atomic E-state index is 12.2. The molecule has 1 atom stereocenters. The Morgan fingerprint density at radius 2 is 2.00 bits per heavy atom. The molecule has 1 heterocycles. The monoisotopic (exact) mass is 346 g/mol. The summed E-state index contributed by atoms with van der Waals surface area (Å²) in [6.07, 6.45) is 3.60. The lowest BCUT2D eigenvalue weighted by Gasteiger charge is -2.24. The average Bonchev–Trinajstić information content (AvgIpc) is 3.06. The summed E-state index contributed by atoms with van der Waals surface area (Å²) < 4.78 is 32.6. The summed E-state index contributed by atoms with van der Waals surface area (Å²) >= 11 is 0. The van der Waals surface area contributed by atoms with Crippen LogP contribution in [0.2, 0.25) is 0 Å². The molecule has 6 nitrogen and oxygen atoms in total. The second-order valence-electron chi connectivity index (χ2n) is 8.04. The van der Waals surface area contributed by atoms with Crippen LogP contribution in [0.3, 0.4) is 0 Å². The molecule has 23 heavy (non-hydrogen) atoms. The molecule has 0 aromatic rings. The number of nitrogens with zero attached hydrogens (tertiary/aromatic N) is 1. The lowest BCUT2D eigenvalue weighted by atomic mass is 10.1. The van der Waals surface area contributed by atoms with Gasteiger partial charge in [0, 0.05) is 19.6 Å². The number of ether oxygens (including phenoxy) is 1. The van der Waals surface area contributed by atoms with Crippen LogP contribution in [-0.2, 0) is 14.8 Å². The molecule has 0 aromatic carbocycles. The van der Waals surface area contributed by atoms with Crippen molar-refractivity contribution in [3.8, 4) is 0 Å². The minimum absolute atomic E-state index is 0.0169. The molecule has 2 fully saturated rings. The summed E-state index contributed by atoms with van der Waals surface area (Å²) in [6.45, 7) is 9.16. The normalized spacial score (nSPS) is 23.8. The van der Waals surface area contributed by atoms with Gasteiger partial charge >= 0.3 is 6.09 Å². The number of rotatable bonds is 6.